The highest BCUT2D eigenvalue weighted by Gasteiger charge is 2.36. The normalized spacial score (nSPS) is 20.2. The van der Waals surface area contributed by atoms with Crippen LogP contribution in [0.25, 0.3) is 0 Å². The third kappa shape index (κ3) is 4.70. The molecule has 0 aliphatic heterocycles. The number of nitriles is 1. The van der Waals surface area contributed by atoms with Crippen LogP contribution in [0.1, 0.15) is 51.9 Å². The molecule has 2 rings (SSSR count). The third-order valence-corrected chi connectivity index (χ3v) is 4.35. The van der Waals surface area contributed by atoms with Crippen LogP contribution in [0.4, 0.5) is 0 Å². The number of hydrogen-bond acceptors (Lipinski definition) is 5. The van der Waals surface area contributed by atoms with Crippen molar-refractivity contribution >= 4 is 11.9 Å². The first-order chi connectivity index (χ1) is 10.6. The minimum Gasteiger partial charge on any atom is -0.465 e. The number of nitrogens with zero attached hydrogens (tertiary/aromatic N) is 2. The maximum Gasteiger partial charge on any atom is 0.320 e. The van der Waals surface area contributed by atoms with E-state index in [-0.39, 0.29) is 25.0 Å². The second-order valence-electron chi connectivity index (χ2n) is 6.24. The van der Waals surface area contributed by atoms with Gasteiger partial charge in [0.15, 0.2) is 0 Å². The van der Waals surface area contributed by atoms with Gasteiger partial charge in [-0.3, -0.25) is 14.5 Å². The Balaban J connectivity index is 1.88. The molecule has 0 saturated heterocycles. The summed E-state index contributed by atoms with van der Waals surface area (Å²) in [6.45, 7) is 2.42. The average Bonchev–Trinajstić information content (AvgIpc) is 3.32. The Morgan fingerprint density at radius 2 is 1.95 bits per heavy atom. The van der Waals surface area contributed by atoms with Crippen LogP contribution in [0, 0.1) is 11.3 Å². The van der Waals surface area contributed by atoms with E-state index in [0.29, 0.717) is 12.6 Å². The van der Waals surface area contributed by atoms with Gasteiger partial charge in [-0.15, -0.1) is 0 Å². The fourth-order valence-electron chi connectivity index (χ4n) is 3.04. The second-order valence-corrected chi connectivity index (χ2v) is 6.24. The minimum absolute atomic E-state index is 0.144. The van der Waals surface area contributed by atoms with E-state index >= 15 is 0 Å². The van der Waals surface area contributed by atoms with E-state index in [2.05, 4.69) is 11.4 Å². The van der Waals surface area contributed by atoms with Crippen molar-refractivity contribution in [1.29, 1.82) is 5.26 Å². The first-order valence-corrected chi connectivity index (χ1v) is 8.20. The van der Waals surface area contributed by atoms with Crippen molar-refractivity contribution in [2.24, 2.45) is 0 Å². The molecule has 2 fully saturated rings. The molecule has 1 N–H and O–H groups in total. The van der Waals surface area contributed by atoms with E-state index in [1.165, 1.54) is 0 Å². The number of esters is 1. The summed E-state index contributed by atoms with van der Waals surface area (Å²) >= 11 is 0. The molecule has 22 heavy (non-hydrogen) atoms. The molecule has 2 saturated carbocycles. The van der Waals surface area contributed by atoms with E-state index in [0.717, 1.165) is 44.9 Å². The fraction of sp³-hybridized carbons (Fsp3) is 0.812. The molecule has 2 aliphatic carbocycles. The number of ether oxygens (including phenoxy) is 1. The van der Waals surface area contributed by atoms with Crippen LogP contribution in [0.15, 0.2) is 0 Å². The van der Waals surface area contributed by atoms with Gasteiger partial charge < -0.3 is 10.1 Å². The molecule has 0 atom stereocenters. The molecule has 0 aromatic heterocycles. The van der Waals surface area contributed by atoms with Gasteiger partial charge in [0, 0.05) is 6.04 Å². The lowest BCUT2D eigenvalue weighted by atomic mass is 9.83. The molecule has 6 nitrogen and oxygen atoms in total. The molecule has 122 valence electrons. The highest BCUT2D eigenvalue weighted by molar-refractivity contribution is 5.80. The minimum atomic E-state index is -0.714. The zero-order valence-corrected chi connectivity index (χ0v) is 13.3. The maximum absolute atomic E-state index is 12.3. The second kappa shape index (κ2) is 7.59. The zero-order valence-electron chi connectivity index (χ0n) is 13.3. The van der Waals surface area contributed by atoms with Crippen molar-refractivity contribution in [2.45, 2.75) is 63.5 Å². The Bertz CT molecular complexity index is 448. The predicted molar refractivity (Wildman–Crippen MR) is 80.8 cm³/mol. The van der Waals surface area contributed by atoms with Crippen LogP contribution < -0.4 is 5.32 Å². The van der Waals surface area contributed by atoms with Crippen molar-refractivity contribution in [2.75, 3.05) is 19.7 Å². The number of hydrogen-bond donors (Lipinski definition) is 1. The van der Waals surface area contributed by atoms with Crippen LogP contribution in [0.5, 0.6) is 0 Å². The van der Waals surface area contributed by atoms with E-state index in [4.69, 9.17) is 4.74 Å². The summed E-state index contributed by atoms with van der Waals surface area (Å²) in [5, 5.41) is 12.3. The summed E-state index contributed by atoms with van der Waals surface area (Å²) in [6, 6.07) is 2.58. The average molecular weight is 307 g/mol. The van der Waals surface area contributed by atoms with Crippen molar-refractivity contribution in [3.63, 3.8) is 0 Å². The molecular formula is C16H25N3O3. The Morgan fingerprint density at radius 1 is 1.27 bits per heavy atom. The lowest BCUT2D eigenvalue weighted by molar-refractivity contribution is -0.144. The van der Waals surface area contributed by atoms with Crippen molar-refractivity contribution in [1.82, 2.24) is 10.2 Å². The summed E-state index contributed by atoms with van der Waals surface area (Å²) in [7, 11) is 0. The first-order valence-electron chi connectivity index (χ1n) is 8.20. The van der Waals surface area contributed by atoms with Crippen molar-refractivity contribution in [3.05, 3.63) is 0 Å². The molecule has 0 bridgehead atoms. The molecular weight excluding hydrogens is 282 g/mol. The summed E-state index contributed by atoms with van der Waals surface area (Å²) in [4.78, 5) is 25.8. The Morgan fingerprint density at radius 3 is 2.50 bits per heavy atom. The molecule has 0 aromatic rings. The SMILES string of the molecule is CCOC(=O)CN(CC(=O)NC1(C#N)CCCCC1)C1CC1. The largest absolute Gasteiger partial charge is 0.465 e. The number of carbonyl (C=O) groups excluding carboxylic acids is 2. The monoisotopic (exact) mass is 307 g/mol. The van der Waals surface area contributed by atoms with E-state index in [1.807, 2.05) is 4.90 Å². The van der Waals surface area contributed by atoms with Crippen molar-refractivity contribution in [3.8, 4) is 6.07 Å². The molecule has 0 spiro atoms. The third-order valence-electron chi connectivity index (χ3n) is 4.35. The van der Waals surface area contributed by atoms with Gasteiger partial charge in [-0.2, -0.15) is 5.26 Å². The van der Waals surface area contributed by atoms with Gasteiger partial charge in [0.1, 0.15) is 5.54 Å². The van der Waals surface area contributed by atoms with E-state index in [9.17, 15) is 14.9 Å². The summed E-state index contributed by atoms with van der Waals surface area (Å²) in [5.41, 5.74) is -0.714. The Hall–Kier alpha value is -1.61. The van der Waals surface area contributed by atoms with Gasteiger partial charge in [0.2, 0.25) is 5.91 Å². The van der Waals surface area contributed by atoms with Gasteiger partial charge >= 0.3 is 5.97 Å². The lowest BCUT2D eigenvalue weighted by Gasteiger charge is -2.32. The molecule has 0 radical (unpaired) electrons. The van der Waals surface area contributed by atoms with Crippen LogP contribution in [0.3, 0.4) is 0 Å². The van der Waals surface area contributed by atoms with Gasteiger partial charge in [-0.25, -0.2) is 0 Å². The van der Waals surface area contributed by atoms with Crippen LogP contribution >= 0.6 is 0 Å². The van der Waals surface area contributed by atoms with Gasteiger partial charge in [-0.1, -0.05) is 19.3 Å². The van der Waals surface area contributed by atoms with Crippen molar-refractivity contribution < 1.29 is 14.3 Å². The predicted octanol–water partition coefficient (Wildman–Crippen LogP) is 1.36. The van der Waals surface area contributed by atoms with Crippen LogP contribution in [-0.4, -0.2) is 48.1 Å². The number of carbonyl (C=O) groups is 2. The smallest absolute Gasteiger partial charge is 0.320 e. The van der Waals surface area contributed by atoms with Gasteiger partial charge in [0.05, 0.1) is 25.8 Å². The fourth-order valence-corrected chi connectivity index (χ4v) is 3.04. The summed E-state index contributed by atoms with van der Waals surface area (Å²) in [5.74, 6) is -0.463. The Kier molecular flexibility index (Phi) is 5.78. The van der Waals surface area contributed by atoms with Crippen LogP contribution in [0.2, 0.25) is 0 Å². The standard InChI is InChI=1S/C16H25N3O3/c1-2-22-15(21)11-19(13-6-7-13)10-14(20)18-16(12-17)8-4-3-5-9-16/h13H,2-11H2,1H3,(H,18,20). The topological polar surface area (TPSA) is 82.4 Å². The molecule has 2 aliphatic rings. The van der Waals surface area contributed by atoms with Gasteiger partial charge in [0.25, 0.3) is 0 Å². The lowest BCUT2D eigenvalue weighted by Crippen LogP contribution is -2.52. The molecule has 0 aromatic carbocycles. The molecule has 1 amide bonds. The zero-order chi connectivity index (χ0) is 16.0. The quantitative estimate of drug-likeness (QED) is 0.718. The summed E-state index contributed by atoms with van der Waals surface area (Å²) in [6.07, 6.45) is 6.53. The molecule has 0 unspecified atom stereocenters. The highest BCUT2D eigenvalue weighted by Crippen LogP contribution is 2.28. The highest BCUT2D eigenvalue weighted by atomic mass is 16.5. The van der Waals surface area contributed by atoms with Gasteiger partial charge in [-0.05, 0) is 32.6 Å². The molecule has 6 heteroatoms. The number of rotatable bonds is 7. The molecule has 0 heterocycles. The number of amides is 1. The number of nitrogens with one attached hydrogen (secondary N) is 1. The Labute approximate surface area is 131 Å². The maximum atomic E-state index is 12.3. The first kappa shape index (κ1) is 16.8. The van der Waals surface area contributed by atoms with Crippen LogP contribution in [-0.2, 0) is 14.3 Å². The van der Waals surface area contributed by atoms with E-state index < -0.39 is 5.54 Å². The van der Waals surface area contributed by atoms with E-state index in [1.54, 1.807) is 6.92 Å². The summed E-state index contributed by atoms with van der Waals surface area (Å²) < 4.78 is 4.96.